The number of ketones is 1. The van der Waals surface area contributed by atoms with Crippen molar-refractivity contribution in [2.45, 2.75) is 46.5 Å². The zero-order valence-electron chi connectivity index (χ0n) is 13.1. The summed E-state index contributed by atoms with van der Waals surface area (Å²) < 4.78 is 0. The summed E-state index contributed by atoms with van der Waals surface area (Å²) in [6, 6.07) is 6.12. The van der Waals surface area contributed by atoms with Crippen LogP contribution in [0.1, 0.15) is 54.1 Å². The van der Waals surface area contributed by atoms with Crippen LogP contribution < -0.4 is 0 Å². The van der Waals surface area contributed by atoms with Crippen LogP contribution in [0.5, 0.6) is 0 Å². The zero-order valence-corrected chi connectivity index (χ0v) is 13.1. The monoisotopic (exact) mass is 273 g/mol. The van der Waals surface area contributed by atoms with E-state index in [0.717, 1.165) is 30.1 Å². The predicted octanol–water partition coefficient (Wildman–Crippen LogP) is 4.00. The molecular weight excluding hydrogens is 246 g/mol. The maximum absolute atomic E-state index is 12.5. The quantitative estimate of drug-likeness (QED) is 0.773. The van der Waals surface area contributed by atoms with Gasteiger partial charge < -0.3 is 0 Å². The second-order valence-corrected chi connectivity index (χ2v) is 6.22. The van der Waals surface area contributed by atoms with Crippen molar-refractivity contribution in [1.29, 1.82) is 0 Å². The van der Waals surface area contributed by atoms with Crippen molar-refractivity contribution in [2.24, 2.45) is 5.92 Å². The fourth-order valence-corrected chi connectivity index (χ4v) is 3.21. The summed E-state index contributed by atoms with van der Waals surface area (Å²) in [5.74, 6) is 1.13. The van der Waals surface area contributed by atoms with E-state index in [-0.39, 0.29) is 5.78 Å². The smallest absolute Gasteiger partial charge is 0.177 e. The minimum Gasteiger partial charge on any atom is -0.296 e. The Kier molecular flexibility index (Phi) is 5.36. The van der Waals surface area contributed by atoms with Crippen molar-refractivity contribution in [1.82, 2.24) is 4.90 Å². The topological polar surface area (TPSA) is 20.3 Å². The number of carbonyl (C=O) groups excluding carboxylic acids is 1. The minimum absolute atomic E-state index is 0.275. The van der Waals surface area contributed by atoms with Crippen molar-refractivity contribution in [2.75, 3.05) is 19.6 Å². The number of benzene rings is 1. The molecule has 0 saturated carbocycles. The van der Waals surface area contributed by atoms with Gasteiger partial charge in [-0.25, -0.2) is 0 Å². The predicted molar refractivity (Wildman–Crippen MR) is 84.3 cm³/mol. The molecule has 1 aliphatic heterocycles. The van der Waals surface area contributed by atoms with Gasteiger partial charge in [0, 0.05) is 5.56 Å². The average molecular weight is 273 g/mol. The molecule has 0 bridgehead atoms. The SMILES string of the molecule is CCC1CCCN(CC(=O)c2ccc(C)cc2C)CC1. The van der Waals surface area contributed by atoms with Gasteiger partial charge in [0.2, 0.25) is 0 Å². The molecule has 1 aromatic rings. The Balaban J connectivity index is 1.97. The first kappa shape index (κ1) is 15.2. The number of likely N-dealkylation sites (tertiary alicyclic amines) is 1. The molecule has 110 valence electrons. The molecule has 0 aromatic heterocycles. The van der Waals surface area contributed by atoms with Gasteiger partial charge in [0.1, 0.15) is 0 Å². The molecular formula is C18H27NO. The van der Waals surface area contributed by atoms with E-state index in [0.29, 0.717) is 6.54 Å². The Bertz CT molecular complexity index is 466. The Hall–Kier alpha value is -1.15. The van der Waals surface area contributed by atoms with Gasteiger partial charge in [-0.3, -0.25) is 9.69 Å². The lowest BCUT2D eigenvalue weighted by Gasteiger charge is -2.19. The summed E-state index contributed by atoms with van der Waals surface area (Å²) in [5.41, 5.74) is 3.22. The van der Waals surface area contributed by atoms with Gasteiger partial charge >= 0.3 is 0 Å². The molecule has 1 saturated heterocycles. The van der Waals surface area contributed by atoms with Crippen LogP contribution in [0.2, 0.25) is 0 Å². The van der Waals surface area contributed by atoms with Crippen molar-refractivity contribution in [3.63, 3.8) is 0 Å². The first-order chi connectivity index (χ1) is 9.60. The highest BCUT2D eigenvalue weighted by molar-refractivity contribution is 5.98. The van der Waals surface area contributed by atoms with Gasteiger partial charge in [-0.2, -0.15) is 0 Å². The third-order valence-corrected chi connectivity index (χ3v) is 4.57. The van der Waals surface area contributed by atoms with Gasteiger partial charge in [0.15, 0.2) is 5.78 Å². The number of nitrogens with zero attached hydrogens (tertiary/aromatic N) is 1. The molecule has 2 rings (SSSR count). The van der Waals surface area contributed by atoms with Crippen molar-refractivity contribution >= 4 is 5.78 Å². The number of Topliss-reactive ketones (excluding diaryl/α,β-unsaturated/α-hetero) is 1. The molecule has 1 aromatic carbocycles. The Morgan fingerprint density at radius 3 is 2.75 bits per heavy atom. The van der Waals surface area contributed by atoms with Crippen LogP contribution in [0.3, 0.4) is 0 Å². The third-order valence-electron chi connectivity index (χ3n) is 4.57. The highest BCUT2D eigenvalue weighted by atomic mass is 16.1. The van der Waals surface area contributed by atoms with Crippen LogP contribution >= 0.6 is 0 Å². The highest BCUT2D eigenvalue weighted by Gasteiger charge is 2.19. The van der Waals surface area contributed by atoms with E-state index >= 15 is 0 Å². The summed E-state index contributed by atoms with van der Waals surface area (Å²) in [5, 5.41) is 0. The van der Waals surface area contributed by atoms with Crippen LogP contribution in [0.4, 0.5) is 0 Å². The largest absolute Gasteiger partial charge is 0.296 e. The average Bonchev–Trinajstić information content (AvgIpc) is 2.63. The number of hydrogen-bond acceptors (Lipinski definition) is 2. The van der Waals surface area contributed by atoms with E-state index in [1.54, 1.807) is 0 Å². The molecule has 0 N–H and O–H groups in total. The van der Waals surface area contributed by atoms with Crippen molar-refractivity contribution < 1.29 is 4.79 Å². The molecule has 0 radical (unpaired) electrons. The molecule has 2 nitrogen and oxygen atoms in total. The van der Waals surface area contributed by atoms with Crippen LogP contribution in [0.15, 0.2) is 18.2 Å². The van der Waals surface area contributed by atoms with E-state index in [1.807, 2.05) is 19.1 Å². The molecule has 0 aliphatic carbocycles. The Morgan fingerprint density at radius 2 is 2.05 bits per heavy atom. The fraction of sp³-hybridized carbons (Fsp3) is 0.611. The fourth-order valence-electron chi connectivity index (χ4n) is 3.21. The number of rotatable bonds is 4. The number of hydrogen-bond donors (Lipinski definition) is 0. The van der Waals surface area contributed by atoms with Gasteiger partial charge in [-0.1, -0.05) is 37.1 Å². The van der Waals surface area contributed by atoms with Gasteiger partial charge in [-0.05, 0) is 57.7 Å². The summed E-state index contributed by atoms with van der Waals surface area (Å²) >= 11 is 0. The van der Waals surface area contributed by atoms with E-state index in [9.17, 15) is 4.79 Å². The molecule has 1 heterocycles. The van der Waals surface area contributed by atoms with Gasteiger partial charge in [0.05, 0.1) is 6.54 Å². The Morgan fingerprint density at radius 1 is 1.25 bits per heavy atom. The zero-order chi connectivity index (χ0) is 14.5. The van der Waals surface area contributed by atoms with Gasteiger partial charge in [-0.15, -0.1) is 0 Å². The van der Waals surface area contributed by atoms with Crippen LogP contribution in [-0.4, -0.2) is 30.3 Å². The molecule has 1 atom stereocenters. The molecule has 1 fully saturated rings. The number of carbonyl (C=O) groups is 1. The summed E-state index contributed by atoms with van der Waals surface area (Å²) in [7, 11) is 0. The molecule has 20 heavy (non-hydrogen) atoms. The number of aryl methyl sites for hydroxylation is 2. The summed E-state index contributed by atoms with van der Waals surface area (Å²) in [4.78, 5) is 14.8. The summed E-state index contributed by atoms with van der Waals surface area (Å²) in [6.07, 6.45) is 5.08. The lowest BCUT2D eigenvalue weighted by molar-refractivity contribution is 0.0931. The van der Waals surface area contributed by atoms with E-state index < -0.39 is 0 Å². The van der Waals surface area contributed by atoms with Crippen LogP contribution in [0.25, 0.3) is 0 Å². The molecule has 2 heteroatoms. The highest BCUT2D eigenvalue weighted by Crippen LogP contribution is 2.20. The Labute approximate surface area is 123 Å². The first-order valence-electron chi connectivity index (χ1n) is 7.93. The van der Waals surface area contributed by atoms with Gasteiger partial charge in [0.25, 0.3) is 0 Å². The summed E-state index contributed by atoms with van der Waals surface area (Å²) in [6.45, 7) is 9.13. The molecule has 1 aliphatic rings. The van der Waals surface area contributed by atoms with E-state index in [4.69, 9.17) is 0 Å². The second kappa shape index (κ2) is 7.03. The third kappa shape index (κ3) is 3.92. The molecule has 1 unspecified atom stereocenters. The van der Waals surface area contributed by atoms with Crippen molar-refractivity contribution in [3.05, 3.63) is 34.9 Å². The second-order valence-electron chi connectivity index (χ2n) is 6.22. The standard InChI is InChI=1S/C18H27NO/c1-4-16-6-5-10-19(11-9-16)13-18(20)17-8-7-14(2)12-15(17)3/h7-8,12,16H,4-6,9-11,13H2,1-3H3. The molecule has 0 amide bonds. The molecule has 0 spiro atoms. The maximum atomic E-state index is 12.5. The van der Waals surface area contributed by atoms with Crippen molar-refractivity contribution in [3.8, 4) is 0 Å². The van der Waals surface area contributed by atoms with E-state index in [1.165, 1.54) is 31.2 Å². The van der Waals surface area contributed by atoms with E-state index in [2.05, 4.69) is 24.8 Å². The van der Waals surface area contributed by atoms with Crippen LogP contribution in [-0.2, 0) is 0 Å². The maximum Gasteiger partial charge on any atom is 0.177 e. The lowest BCUT2D eigenvalue weighted by Crippen LogP contribution is -2.31. The lowest BCUT2D eigenvalue weighted by atomic mass is 9.98. The minimum atomic E-state index is 0.275. The van der Waals surface area contributed by atoms with Crippen LogP contribution in [0, 0.1) is 19.8 Å². The normalized spacial score (nSPS) is 20.6. The first-order valence-corrected chi connectivity index (χ1v) is 7.93.